The van der Waals surface area contributed by atoms with E-state index in [1.807, 2.05) is 18.2 Å². The molecular formula is C26H30N4O2S. The Kier molecular flexibility index (Phi) is 7.94. The Bertz CT molecular complexity index is 1080. The molecule has 4 rings (SSSR count). The molecule has 1 aliphatic carbocycles. The normalized spacial score (nSPS) is 13.1. The van der Waals surface area contributed by atoms with Crippen molar-refractivity contribution in [3.63, 3.8) is 0 Å². The number of nitrogens with zero attached hydrogens (tertiary/aromatic N) is 3. The first-order valence-electron chi connectivity index (χ1n) is 11.7. The lowest BCUT2D eigenvalue weighted by Crippen LogP contribution is -2.11. The number of anilines is 1. The predicted octanol–water partition coefficient (Wildman–Crippen LogP) is 5.70. The third-order valence-electron chi connectivity index (χ3n) is 5.70. The number of benzene rings is 2. The molecule has 0 saturated heterocycles. The molecule has 0 aliphatic heterocycles. The Hall–Kier alpha value is -2.93. The average Bonchev–Trinajstić information content (AvgIpc) is 3.60. The minimum absolute atomic E-state index is 0.0160. The summed E-state index contributed by atoms with van der Waals surface area (Å²) in [6.45, 7) is 2.83. The number of ketones is 1. The highest BCUT2D eigenvalue weighted by Crippen LogP contribution is 2.40. The van der Waals surface area contributed by atoms with Crippen LogP contribution >= 0.6 is 11.8 Å². The number of carbonyl (C=O) groups is 2. The molecule has 1 fully saturated rings. The average molecular weight is 463 g/mol. The molecule has 1 aliphatic rings. The van der Waals surface area contributed by atoms with Gasteiger partial charge in [0.15, 0.2) is 10.9 Å². The number of aromatic nitrogens is 3. The van der Waals surface area contributed by atoms with Crippen LogP contribution in [0, 0.1) is 0 Å². The number of amides is 1. The van der Waals surface area contributed by atoms with Crippen LogP contribution in [0.1, 0.15) is 73.1 Å². The summed E-state index contributed by atoms with van der Waals surface area (Å²) in [7, 11) is 0. The summed E-state index contributed by atoms with van der Waals surface area (Å²) in [6, 6.07) is 17.4. The van der Waals surface area contributed by atoms with Gasteiger partial charge in [-0.15, -0.1) is 10.2 Å². The van der Waals surface area contributed by atoms with Gasteiger partial charge in [0.2, 0.25) is 5.91 Å². The number of hydrogen-bond acceptors (Lipinski definition) is 5. The van der Waals surface area contributed by atoms with E-state index in [0.717, 1.165) is 48.8 Å². The maximum absolute atomic E-state index is 12.8. The summed E-state index contributed by atoms with van der Waals surface area (Å²) in [5, 5.41) is 12.5. The van der Waals surface area contributed by atoms with E-state index in [0.29, 0.717) is 30.2 Å². The molecule has 0 atom stereocenters. The van der Waals surface area contributed by atoms with Crippen molar-refractivity contribution in [3.8, 4) is 0 Å². The van der Waals surface area contributed by atoms with E-state index in [-0.39, 0.29) is 11.7 Å². The first kappa shape index (κ1) is 23.2. The van der Waals surface area contributed by atoms with Crippen LogP contribution in [0.15, 0.2) is 59.8 Å². The summed E-state index contributed by atoms with van der Waals surface area (Å²) < 4.78 is 2.15. The van der Waals surface area contributed by atoms with Crippen molar-refractivity contribution < 1.29 is 9.59 Å². The van der Waals surface area contributed by atoms with Crippen molar-refractivity contribution >= 4 is 29.1 Å². The first-order valence-corrected chi connectivity index (χ1v) is 12.7. The van der Waals surface area contributed by atoms with Gasteiger partial charge in [-0.3, -0.25) is 9.59 Å². The van der Waals surface area contributed by atoms with Crippen LogP contribution in [-0.4, -0.2) is 32.2 Å². The van der Waals surface area contributed by atoms with Crippen molar-refractivity contribution in [3.05, 3.63) is 71.5 Å². The molecular weight excluding hydrogens is 432 g/mol. The molecule has 6 nitrogen and oxygen atoms in total. The topological polar surface area (TPSA) is 76.9 Å². The highest BCUT2D eigenvalue weighted by molar-refractivity contribution is 7.99. The molecule has 1 heterocycles. The molecule has 0 bridgehead atoms. The van der Waals surface area contributed by atoms with Gasteiger partial charge in [-0.05, 0) is 49.1 Å². The third kappa shape index (κ3) is 6.54. The van der Waals surface area contributed by atoms with Gasteiger partial charge in [-0.25, -0.2) is 0 Å². The number of Topliss-reactive ketones (excluding diaryl/α,β-unsaturated/α-hetero) is 1. The van der Waals surface area contributed by atoms with E-state index in [1.165, 1.54) is 17.3 Å². The molecule has 7 heteroatoms. The SMILES string of the molecule is CCCCCC(=O)Nc1ccc(C(=O)CSc2nnc(C3CC3)n2Cc2ccccc2)cc1. The lowest BCUT2D eigenvalue weighted by atomic mass is 10.1. The summed E-state index contributed by atoms with van der Waals surface area (Å²) in [5.41, 5.74) is 2.54. The predicted molar refractivity (Wildman–Crippen MR) is 132 cm³/mol. The van der Waals surface area contributed by atoms with E-state index in [2.05, 4.69) is 39.1 Å². The molecule has 172 valence electrons. The number of thioether (sulfide) groups is 1. The molecule has 1 saturated carbocycles. The van der Waals surface area contributed by atoms with Gasteiger partial charge in [-0.2, -0.15) is 0 Å². The van der Waals surface area contributed by atoms with Crippen molar-refractivity contribution in [2.24, 2.45) is 0 Å². The quantitative estimate of drug-likeness (QED) is 0.212. The molecule has 33 heavy (non-hydrogen) atoms. The Morgan fingerprint density at radius 3 is 2.48 bits per heavy atom. The Morgan fingerprint density at radius 1 is 1.03 bits per heavy atom. The van der Waals surface area contributed by atoms with Crippen LogP contribution < -0.4 is 5.32 Å². The number of unbranched alkanes of at least 4 members (excludes halogenated alkanes) is 2. The lowest BCUT2D eigenvalue weighted by Gasteiger charge is -2.10. The minimum atomic E-state index is 0.0160. The fourth-order valence-electron chi connectivity index (χ4n) is 3.68. The summed E-state index contributed by atoms with van der Waals surface area (Å²) in [6.07, 6.45) is 5.87. The summed E-state index contributed by atoms with van der Waals surface area (Å²) in [5.74, 6) is 1.84. The van der Waals surface area contributed by atoms with Crippen molar-refractivity contribution in [1.82, 2.24) is 14.8 Å². The van der Waals surface area contributed by atoms with Crippen LogP contribution in [-0.2, 0) is 11.3 Å². The highest BCUT2D eigenvalue weighted by atomic mass is 32.2. The van der Waals surface area contributed by atoms with Gasteiger partial charge in [0, 0.05) is 23.6 Å². The van der Waals surface area contributed by atoms with Crippen LogP contribution in [0.3, 0.4) is 0 Å². The molecule has 1 aromatic heterocycles. The maximum atomic E-state index is 12.8. The van der Waals surface area contributed by atoms with E-state index < -0.39 is 0 Å². The fraction of sp³-hybridized carbons (Fsp3) is 0.385. The van der Waals surface area contributed by atoms with E-state index in [1.54, 1.807) is 24.3 Å². The molecule has 0 unspecified atom stereocenters. The minimum Gasteiger partial charge on any atom is -0.326 e. The molecule has 3 aromatic rings. The molecule has 0 spiro atoms. The zero-order chi connectivity index (χ0) is 23.0. The largest absolute Gasteiger partial charge is 0.326 e. The lowest BCUT2D eigenvalue weighted by molar-refractivity contribution is -0.116. The van der Waals surface area contributed by atoms with Gasteiger partial charge in [0.05, 0.1) is 12.3 Å². The van der Waals surface area contributed by atoms with Crippen LogP contribution in [0.25, 0.3) is 0 Å². The summed E-state index contributed by atoms with van der Waals surface area (Å²) in [4.78, 5) is 24.8. The van der Waals surface area contributed by atoms with Gasteiger partial charge in [0.1, 0.15) is 5.82 Å². The van der Waals surface area contributed by atoms with Gasteiger partial charge < -0.3 is 9.88 Å². The number of hydrogen-bond donors (Lipinski definition) is 1. The van der Waals surface area contributed by atoms with Crippen molar-refractivity contribution in [2.75, 3.05) is 11.1 Å². The first-order chi connectivity index (χ1) is 16.1. The van der Waals surface area contributed by atoms with Gasteiger partial charge in [-0.1, -0.05) is 61.9 Å². The second kappa shape index (κ2) is 11.3. The number of carbonyl (C=O) groups excluding carboxylic acids is 2. The highest BCUT2D eigenvalue weighted by Gasteiger charge is 2.30. The Balaban J connectivity index is 1.35. The monoisotopic (exact) mass is 462 g/mol. The zero-order valence-corrected chi connectivity index (χ0v) is 19.8. The second-order valence-corrected chi connectivity index (χ2v) is 9.42. The molecule has 0 radical (unpaired) electrons. The number of nitrogens with one attached hydrogen (secondary N) is 1. The Labute approximate surface area is 199 Å². The molecule has 1 N–H and O–H groups in total. The van der Waals surface area contributed by atoms with Crippen LogP contribution in [0.5, 0.6) is 0 Å². The van der Waals surface area contributed by atoms with Crippen LogP contribution in [0.4, 0.5) is 5.69 Å². The van der Waals surface area contributed by atoms with Crippen molar-refractivity contribution in [1.29, 1.82) is 0 Å². The second-order valence-electron chi connectivity index (χ2n) is 8.48. The van der Waals surface area contributed by atoms with Crippen molar-refractivity contribution in [2.45, 2.75) is 63.1 Å². The molecule has 1 amide bonds. The van der Waals surface area contributed by atoms with E-state index in [4.69, 9.17) is 0 Å². The number of rotatable bonds is 12. The van der Waals surface area contributed by atoms with Gasteiger partial charge >= 0.3 is 0 Å². The smallest absolute Gasteiger partial charge is 0.224 e. The fourth-order valence-corrected chi connectivity index (χ4v) is 4.52. The van der Waals surface area contributed by atoms with E-state index >= 15 is 0 Å². The maximum Gasteiger partial charge on any atom is 0.224 e. The third-order valence-corrected chi connectivity index (χ3v) is 6.67. The van der Waals surface area contributed by atoms with Gasteiger partial charge in [0.25, 0.3) is 0 Å². The molecule has 2 aromatic carbocycles. The van der Waals surface area contributed by atoms with Crippen LogP contribution in [0.2, 0.25) is 0 Å². The zero-order valence-electron chi connectivity index (χ0n) is 19.0. The van der Waals surface area contributed by atoms with E-state index in [9.17, 15) is 9.59 Å². The Morgan fingerprint density at radius 2 is 1.79 bits per heavy atom. The summed E-state index contributed by atoms with van der Waals surface area (Å²) >= 11 is 1.43. The standard InChI is InChI=1S/C26H30N4O2S/c1-2-3-5-10-24(32)27-22-15-13-20(14-16-22)23(31)18-33-26-29-28-25(21-11-12-21)30(26)17-19-8-6-4-7-9-19/h4,6-9,13-16,21H,2-3,5,10-12,17-18H2,1H3,(H,27,32).